The van der Waals surface area contributed by atoms with Gasteiger partial charge in [-0.3, -0.25) is 9.80 Å². The molecule has 0 amide bonds. The number of aliphatic hydroxyl groups is 1. The molecule has 1 aliphatic rings. The van der Waals surface area contributed by atoms with Gasteiger partial charge in [-0.15, -0.1) is 0 Å². The summed E-state index contributed by atoms with van der Waals surface area (Å²) in [6.07, 6.45) is 0.562. The minimum absolute atomic E-state index is 0.256. The van der Waals surface area contributed by atoms with E-state index in [1.807, 2.05) is 6.92 Å². The fourth-order valence-corrected chi connectivity index (χ4v) is 2.32. The second-order valence-electron chi connectivity index (χ2n) is 4.69. The summed E-state index contributed by atoms with van der Waals surface area (Å²) in [7, 11) is 0. The lowest BCUT2D eigenvalue weighted by atomic mass is 10.2. The van der Waals surface area contributed by atoms with E-state index in [0.717, 1.165) is 39.1 Å². The van der Waals surface area contributed by atoms with E-state index in [0.29, 0.717) is 0 Å². The standard InChI is InChI=1S/C14H22N2O/c1-2-14(17)16-10-8-15(9-11-16)12-13-6-4-3-5-7-13/h3-7,14,17H,2,8-12H2,1H3. The van der Waals surface area contributed by atoms with Crippen molar-refractivity contribution in [3.05, 3.63) is 35.9 Å². The first-order chi connectivity index (χ1) is 8.29. The number of piperazine rings is 1. The van der Waals surface area contributed by atoms with E-state index >= 15 is 0 Å². The molecule has 2 rings (SSSR count). The molecule has 94 valence electrons. The van der Waals surface area contributed by atoms with Gasteiger partial charge in [0.25, 0.3) is 0 Å². The van der Waals surface area contributed by atoms with Crippen LogP contribution in [0.25, 0.3) is 0 Å². The Morgan fingerprint density at radius 1 is 1.12 bits per heavy atom. The summed E-state index contributed by atoms with van der Waals surface area (Å²) in [5.74, 6) is 0. The Labute approximate surface area is 104 Å². The Balaban J connectivity index is 1.80. The van der Waals surface area contributed by atoms with Crippen LogP contribution in [0.5, 0.6) is 0 Å². The highest BCUT2D eigenvalue weighted by atomic mass is 16.3. The van der Waals surface area contributed by atoms with E-state index in [4.69, 9.17) is 0 Å². The zero-order valence-corrected chi connectivity index (χ0v) is 10.5. The van der Waals surface area contributed by atoms with Gasteiger partial charge in [-0.1, -0.05) is 37.3 Å². The fourth-order valence-electron chi connectivity index (χ4n) is 2.32. The Bertz CT molecular complexity index is 320. The molecule has 1 atom stereocenters. The Morgan fingerprint density at radius 2 is 1.76 bits per heavy atom. The molecule has 0 saturated carbocycles. The van der Waals surface area contributed by atoms with Crippen LogP contribution in [0.1, 0.15) is 18.9 Å². The average molecular weight is 234 g/mol. The zero-order chi connectivity index (χ0) is 12.1. The largest absolute Gasteiger partial charge is 0.378 e. The van der Waals surface area contributed by atoms with Crippen molar-refractivity contribution in [3.63, 3.8) is 0 Å². The minimum atomic E-state index is -0.256. The van der Waals surface area contributed by atoms with Crippen LogP contribution in [0, 0.1) is 0 Å². The number of nitrogens with zero attached hydrogens (tertiary/aromatic N) is 2. The van der Waals surface area contributed by atoms with Crippen LogP contribution < -0.4 is 0 Å². The minimum Gasteiger partial charge on any atom is -0.378 e. The molecular formula is C14H22N2O. The van der Waals surface area contributed by atoms with Crippen molar-refractivity contribution in [1.82, 2.24) is 9.80 Å². The number of hydrogen-bond acceptors (Lipinski definition) is 3. The molecule has 0 bridgehead atoms. The smallest absolute Gasteiger partial charge is 0.107 e. The summed E-state index contributed by atoms with van der Waals surface area (Å²) < 4.78 is 0. The lowest BCUT2D eigenvalue weighted by molar-refractivity contribution is -0.0281. The van der Waals surface area contributed by atoms with E-state index in [-0.39, 0.29) is 6.23 Å². The summed E-state index contributed by atoms with van der Waals surface area (Å²) >= 11 is 0. The van der Waals surface area contributed by atoms with E-state index < -0.39 is 0 Å². The van der Waals surface area contributed by atoms with E-state index in [1.54, 1.807) is 0 Å². The molecule has 0 aliphatic carbocycles. The summed E-state index contributed by atoms with van der Waals surface area (Å²) in [6.45, 7) is 7.10. The second-order valence-corrected chi connectivity index (χ2v) is 4.69. The van der Waals surface area contributed by atoms with E-state index in [1.165, 1.54) is 5.56 Å². The van der Waals surface area contributed by atoms with Crippen molar-refractivity contribution in [2.75, 3.05) is 26.2 Å². The molecule has 1 N–H and O–H groups in total. The van der Waals surface area contributed by atoms with E-state index in [2.05, 4.69) is 40.1 Å². The third kappa shape index (κ3) is 3.53. The highest BCUT2D eigenvalue weighted by molar-refractivity contribution is 5.14. The van der Waals surface area contributed by atoms with E-state index in [9.17, 15) is 5.11 Å². The van der Waals surface area contributed by atoms with Crippen molar-refractivity contribution in [2.45, 2.75) is 26.1 Å². The number of rotatable bonds is 4. The Morgan fingerprint density at radius 3 is 2.35 bits per heavy atom. The van der Waals surface area contributed by atoms with Crippen molar-refractivity contribution in [2.24, 2.45) is 0 Å². The van der Waals surface area contributed by atoms with Gasteiger partial charge in [-0.2, -0.15) is 0 Å². The van der Waals surface area contributed by atoms with Crippen molar-refractivity contribution in [1.29, 1.82) is 0 Å². The zero-order valence-electron chi connectivity index (χ0n) is 10.5. The molecule has 1 aliphatic heterocycles. The summed E-state index contributed by atoms with van der Waals surface area (Å²) in [5, 5.41) is 9.77. The first-order valence-corrected chi connectivity index (χ1v) is 6.48. The number of benzene rings is 1. The second kappa shape index (κ2) is 6.15. The Kier molecular flexibility index (Phi) is 4.54. The molecule has 0 aromatic heterocycles. The van der Waals surface area contributed by atoms with Crippen LogP contribution in [0.2, 0.25) is 0 Å². The Hall–Kier alpha value is -0.900. The molecule has 1 aromatic carbocycles. The van der Waals surface area contributed by atoms with Gasteiger partial charge in [0.2, 0.25) is 0 Å². The maximum Gasteiger partial charge on any atom is 0.107 e. The summed E-state index contributed by atoms with van der Waals surface area (Å²) in [5.41, 5.74) is 1.37. The molecule has 3 heteroatoms. The SMILES string of the molecule is CCC(O)N1CCN(Cc2ccccc2)CC1. The van der Waals surface area contributed by atoms with Gasteiger partial charge in [0.05, 0.1) is 0 Å². The lowest BCUT2D eigenvalue weighted by Crippen LogP contribution is -2.49. The van der Waals surface area contributed by atoms with Gasteiger partial charge in [0.15, 0.2) is 0 Å². The fraction of sp³-hybridized carbons (Fsp3) is 0.571. The summed E-state index contributed by atoms with van der Waals surface area (Å²) in [4.78, 5) is 4.62. The highest BCUT2D eigenvalue weighted by Crippen LogP contribution is 2.10. The predicted octanol–water partition coefficient (Wildman–Crippen LogP) is 1.53. The predicted molar refractivity (Wildman–Crippen MR) is 69.6 cm³/mol. The van der Waals surface area contributed by atoms with Crippen LogP contribution in [-0.2, 0) is 6.54 Å². The molecule has 0 spiro atoms. The molecule has 3 nitrogen and oxygen atoms in total. The van der Waals surface area contributed by atoms with Crippen LogP contribution in [0.15, 0.2) is 30.3 Å². The molecule has 1 saturated heterocycles. The van der Waals surface area contributed by atoms with Gasteiger partial charge in [-0.25, -0.2) is 0 Å². The molecule has 1 unspecified atom stereocenters. The summed E-state index contributed by atoms with van der Waals surface area (Å²) in [6, 6.07) is 10.6. The van der Waals surface area contributed by atoms with Gasteiger partial charge in [0, 0.05) is 32.7 Å². The van der Waals surface area contributed by atoms with Crippen LogP contribution in [0.4, 0.5) is 0 Å². The molecule has 1 heterocycles. The third-order valence-electron chi connectivity index (χ3n) is 3.44. The first kappa shape index (κ1) is 12.6. The maximum absolute atomic E-state index is 9.77. The molecule has 1 aromatic rings. The van der Waals surface area contributed by atoms with Crippen molar-refractivity contribution >= 4 is 0 Å². The van der Waals surface area contributed by atoms with Gasteiger partial charge >= 0.3 is 0 Å². The van der Waals surface area contributed by atoms with Crippen LogP contribution in [0.3, 0.4) is 0 Å². The molecule has 17 heavy (non-hydrogen) atoms. The topological polar surface area (TPSA) is 26.7 Å². The number of aliphatic hydroxyl groups excluding tert-OH is 1. The van der Waals surface area contributed by atoms with Crippen molar-refractivity contribution in [3.8, 4) is 0 Å². The first-order valence-electron chi connectivity index (χ1n) is 6.48. The van der Waals surface area contributed by atoms with Crippen molar-refractivity contribution < 1.29 is 5.11 Å². The quantitative estimate of drug-likeness (QED) is 0.856. The molecular weight excluding hydrogens is 212 g/mol. The molecule has 0 radical (unpaired) electrons. The lowest BCUT2D eigenvalue weighted by Gasteiger charge is -2.37. The third-order valence-corrected chi connectivity index (χ3v) is 3.44. The van der Waals surface area contributed by atoms with Gasteiger partial charge < -0.3 is 5.11 Å². The monoisotopic (exact) mass is 234 g/mol. The van der Waals surface area contributed by atoms with Gasteiger partial charge in [0.1, 0.15) is 6.23 Å². The average Bonchev–Trinajstić information content (AvgIpc) is 2.40. The maximum atomic E-state index is 9.77. The highest BCUT2D eigenvalue weighted by Gasteiger charge is 2.20. The van der Waals surface area contributed by atoms with Crippen LogP contribution in [-0.4, -0.2) is 47.3 Å². The van der Waals surface area contributed by atoms with Crippen LogP contribution >= 0.6 is 0 Å². The number of hydrogen-bond donors (Lipinski definition) is 1. The normalized spacial score (nSPS) is 20.4. The van der Waals surface area contributed by atoms with Gasteiger partial charge in [-0.05, 0) is 12.0 Å². The molecule has 1 fully saturated rings.